The molecule has 3 atom stereocenters. The second-order valence-electron chi connectivity index (χ2n) is 5.63. The number of hydrogen-bond acceptors (Lipinski definition) is 2. The van der Waals surface area contributed by atoms with Crippen LogP contribution in [0.15, 0.2) is 0 Å². The van der Waals surface area contributed by atoms with Crippen LogP contribution in [0.2, 0.25) is 0 Å². The summed E-state index contributed by atoms with van der Waals surface area (Å²) in [5.41, 5.74) is 0. The van der Waals surface area contributed by atoms with Gasteiger partial charge in [-0.2, -0.15) is 0 Å². The smallest absolute Gasteiger partial charge is 0.0104 e. The van der Waals surface area contributed by atoms with E-state index in [0.717, 1.165) is 24.3 Å². The molecule has 0 amide bonds. The minimum absolute atomic E-state index is 1.07. The second kappa shape index (κ2) is 5.31. The Hall–Kier alpha value is -0.0800. The molecule has 2 aliphatic rings. The van der Waals surface area contributed by atoms with Crippen LogP contribution in [0.4, 0.5) is 0 Å². The number of nitrogens with zero attached hydrogens (tertiary/aromatic N) is 1. The monoisotopic (exact) mass is 210 g/mol. The van der Waals surface area contributed by atoms with Gasteiger partial charge in [0, 0.05) is 13.1 Å². The largest absolute Gasteiger partial charge is 0.318 e. The minimum Gasteiger partial charge on any atom is -0.318 e. The third-order valence-electron chi connectivity index (χ3n) is 4.51. The Balaban J connectivity index is 1.61. The quantitative estimate of drug-likeness (QED) is 0.721. The predicted octanol–water partition coefficient (Wildman–Crippen LogP) is 1.96. The fraction of sp³-hybridized carbons (Fsp3) is 1.00. The molecule has 2 nitrogen and oxygen atoms in total. The van der Waals surface area contributed by atoms with Gasteiger partial charge < -0.3 is 10.2 Å². The molecule has 15 heavy (non-hydrogen) atoms. The Morgan fingerprint density at radius 1 is 1.20 bits per heavy atom. The van der Waals surface area contributed by atoms with Crippen LogP contribution in [0.3, 0.4) is 0 Å². The van der Waals surface area contributed by atoms with Gasteiger partial charge in [0.15, 0.2) is 0 Å². The summed E-state index contributed by atoms with van der Waals surface area (Å²) < 4.78 is 0. The number of rotatable bonds is 6. The topological polar surface area (TPSA) is 15.3 Å². The van der Waals surface area contributed by atoms with Crippen molar-refractivity contribution in [3.05, 3.63) is 0 Å². The maximum atomic E-state index is 3.21. The van der Waals surface area contributed by atoms with Crippen molar-refractivity contribution >= 4 is 0 Å². The van der Waals surface area contributed by atoms with Crippen molar-refractivity contribution in [3.63, 3.8) is 0 Å². The standard InChI is InChI=1S/C13H26N2/c1-14-6-8-15(2)7-5-13-10-11-3-4-12(13)9-11/h11-14H,3-10H2,1-2H3. The summed E-state index contributed by atoms with van der Waals surface area (Å²) in [7, 11) is 4.29. The third-order valence-corrected chi connectivity index (χ3v) is 4.51. The van der Waals surface area contributed by atoms with E-state index in [1.807, 2.05) is 7.05 Å². The highest BCUT2D eigenvalue weighted by atomic mass is 15.1. The van der Waals surface area contributed by atoms with Crippen molar-refractivity contribution in [2.75, 3.05) is 33.7 Å². The van der Waals surface area contributed by atoms with Crippen LogP contribution in [-0.4, -0.2) is 38.6 Å². The molecule has 0 aromatic heterocycles. The van der Waals surface area contributed by atoms with Crippen molar-refractivity contribution in [2.45, 2.75) is 32.1 Å². The normalized spacial score (nSPS) is 34.2. The molecule has 2 aliphatic carbocycles. The fourth-order valence-corrected chi connectivity index (χ4v) is 3.53. The van der Waals surface area contributed by atoms with Crippen LogP contribution < -0.4 is 5.32 Å². The molecule has 2 bridgehead atoms. The highest BCUT2D eigenvalue weighted by Gasteiger charge is 2.38. The van der Waals surface area contributed by atoms with Gasteiger partial charge >= 0.3 is 0 Å². The van der Waals surface area contributed by atoms with Gasteiger partial charge in [-0.25, -0.2) is 0 Å². The lowest BCUT2D eigenvalue weighted by Crippen LogP contribution is -2.29. The highest BCUT2D eigenvalue weighted by Crippen LogP contribution is 2.49. The van der Waals surface area contributed by atoms with Gasteiger partial charge in [-0.3, -0.25) is 0 Å². The zero-order chi connectivity index (χ0) is 10.7. The lowest BCUT2D eigenvalue weighted by Gasteiger charge is -2.24. The van der Waals surface area contributed by atoms with E-state index in [-0.39, 0.29) is 0 Å². The number of nitrogens with one attached hydrogen (secondary N) is 1. The third kappa shape index (κ3) is 2.94. The summed E-state index contributed by atoms with van der Waals surface area (Å²) in [5, 5.41) is 3.21. The van der Waals surface area contributed by atoms with Gasteiger partial charge in [0.2, 0.25) is 0 Å². The van der Waals surface area contributed by atoms with E-state index in [0.29, 0.717) is 0 Å². The van der Waals surface area contributed by atoms with E-state index >= 15 is 0 Å². The summed E-state index contributed by atoms with van der Waals surface area (Å²) >= 11 is 0. The number of fused-ring (bicyclic) bond motifs is 2. The van der Waals surface area contributed by atoms with Gasteiger partial charge in [-0.1, -0.05) is 6.42 Å². The maximum absolute atomic E-state index is 3.21. The van der Waals surface area contributed by atoms with E-state index in [1.54, 1.807) is 12.8 Å². The van der Waals surface area contributed by atoms with E-state index in [2.05, 4.69) is 17.3 Å². The first-order valence-electron chi connectivity index (χ1n) is 6.62. The van der Waals surface area contributed by atoms with Crippen molar-refractivity contribution < 1.29 is 0 Å². The molecule has 2 heteroatoms. The molecule has 88 valence electrons. The average Bonchev–Trinajstić information content (AvgIpc) is 2.84. The molecular weight excluding hydrogens is 184 g/mol. The Labute approximate surface area is 94.4 Å². The molecular formula is C13H26N2. The maximum Gasteiger partial charge on any atom is 0.0104 e. The van der Waals surface area contributed by atoms with Gasteiger partial charge in [0.25, 0.3) is 0 Å². The van der Waals surface area contributed by atoms with E-state index in [1.165, 1.54) is 32.4 Å². The number of likely N-dealkylation sites (N-methyl/N-ethyl adjacent to an activating group) is 2. The van der Waals surface area contributed by atoms with Crippen molar-refractivity contribution in [2.24, 2.45) is 17.8 Å². The SMILES string of the molecule is CNCCN(C)CCC1CC2CCC1C2. The van der Waals surface area contributed by atoms with Gasteiger partial charge in [0.05, 0.1) is 0 Å². The molecule has 0 spiro atoms. The van der Waals surface area contributed by atoms with Gasteiger partial charge in [0.1, 0.15) is 0 Å². The summed E-state index contributed by atoms with van der Waals surface area (Å²) in [6.45, 7) is 3.61. The van der Waals surface area contributed by atoms with Gasteiger partial charge in [-0.05, 0) is 64.1 Å². The van der Waals surface area contributed by atoms with E-state index < -0.39 is 0 Å². The molecule has 2 rings (SSSR count). The first kappa shape index (κ1) is 11.4. The highest BCUT2D eigenvalue weighted by molar-refractivity contribution is 4.90. The zero-order valence-electron chi connectivity index (χ0n) is 10.3. The van der Waals surface area contributed by atoms with Crippen LogP contribution in [0.25, 0.3) is 0 Å². The van der Waals surface area contributed by atoms with E-state index in [4.69, 9.17) is 0 Å². The molecule has 3 unspecified atom stereocenters. The molecule has 1 N–H and O–H groups in total. The van der Waals surface area contributed by atoms with Crippen LogP contribution in [0, 0.1) is 17.8 Å². The van der Waals surface area contributed by atoms with Crippen LogP contribution >= 0.6 is 0 Å². The summed E-state index contributed by atoms with van der Waals surface area (Å²) in [4.78, 5) is 2.47. The Morgan fingerprint density at radius 2 is 2.07 bits per heavy atom. The summed E-state index contributed by atoms with van der Waals surface area (Å²) in [6, 6.07) is 0. The van der Waals surface area contributed by atoms with E-state index in [9.17, 15) is 0 Å². The average molecular weight is 210 g/mol. The molecule has 2 saturated carbocycles. The molecule has 2 fully saturated rings. The van der Waals surface area contributed by atoms with Crippen LogP contribution in [0.5, 0.6) is 0 Å². The lowest BCUT2D eigenvalue weighted by atomic mass is 9.86. The Kier molecular flexibility index (Phi) is 4.04. The molecule has 0 aromatic rings. The molecule has 0 aliphatic heterocycles. The first-order chi connectivity index (χ1) is 7.29. The summed E-state index contributed by atoms with van der Waals surface area (Å²) in [6.07, 6.45) is 7.63. The molecule has 0 heterocycles. The van der Waals surface area contributed by atoms with Crippen molar-refractivity contribution in [3.8, 4) is 0 Å². The predicted molar refractivity (Wildman–Crippen MR) is 65.0 cm³/mol. The number of hydrogen-bond donors (Lipinski definition) is 1. The minimum atomic E-state index is 1.07. The van der Waals surface area contributed by atoms with Crippen molar-refractivity contribution in [1.29, 1.82) is 0 Å². The Morgan fingerprint density at radius 3 is 2.67 bits per heavy atom. The van der Waals surface area contributed by atoms with Crippen LogP contribution in [-0.2, 0) is 0 Å². The first-order valence-corrected chi connectivity index (χ1v) is 6.62. The molecule has 0 aromatic carbocycles. The Bertz CT molecular complexity index is 193. The molecule has 0 saturated heterocycles. The molecule has 0 radical (unpaired) electrons. The zero-order valence-corrected chi connectivity index (χ0v) is 10.3. The lowest BCUT2D eigenvalue weighted by molar-refractivity contribution is 0.253. The fourth-order valence-electron chi connectivity index (χ4n) is 3.53. The second-order valence-corrected chi connectivity index (χ2v) is 5.63. The van der Waals surface area contributed by atoms with Gasteiger partial charge in [-0.15, -0.1) is 0 Å². The summed E-state index contributed by atoms with van der Waals surface area (Å²) in [5.74, 6) is 3.29. The van der Waals surface area contributed by atoms with Crippen LogP contribution in [0.1, 0.15) is 32.1 Å². The van der Waals surface area contributed by atoms with Crippen molar-refractivity contribution in [1.82, 2.24) is 10.2 Å².